The summed E-state index contributed by atoms with van der Waals surface area (Å²) in [5, 5.41) is 14.2. The number of carbonyl (C=O) groups is 2. The SMILES string of the molecule is O=C1NC2=C(C(=O)N(CCO)C2)[C@H](c2cccc(F)c2)N1. The first-order valence-corrected chi connectivity index (χ1v) is 6.56. The predicted molar refractivity (Wildman–Crippen MR) is 71.5 cm³/mol. The standard InChI is InChI=1S/C14H14FN3O3/c15-9-3-1-2-8(6-9)12-11-10(16-14(21)17-12)7-18(4-5-19)13(11)20/h1-3,6,12,19H,4-5,7H2,(H2,16,17,21)/t12-/m0/s1. The first-order valence-electron chi connectivity index (χ1n) is 6.56. The number of carbonyl (C=O) groups excluding carboxylic acids is 2. The number of aliphatic hydroxyl groups is 1. The summed E-state index contributed by atoms with van der Waals surface area (Å²) in [5.74, 6) is -0.694. The number of aliphatic hydroxyl groups excluding tert-OH is 1. The van der Waals surface area contributed by atoms with Crippen molar-refractivity contribution in [1.29, 1.82) is 0 Å². The van der Waals surface area contributed by atoms with Crippen molar-refractivity contribution in [2.75, 3.05) is 19.7 Å². The summed E-state index contributed by atoms with van der Waals surface area (Å²) in [5.41, 5.74) is 1.41. The van der Waals surface area contributed by atoms with E-state index in [4.69, 9.17) is 5.11 Å². The molecule has 1 atom stereocenters. The Kier molecular flexibility index (Phi) is 3.34. The van der Waals surface area contributed by atoms with Crippen molar-refractivity contribution in [2.45, 2.75) is 6.04 Å². The van der Waals surface area contributed by atoms with Crippen LogP contribution < -0.4 is 10.6 Å². The van der Waals surface area contributed by atoms with Gasteiger partial charge in [-0.3, -0.25) is 4.79 Å². The minimum Gasteiger partial charge on any atom is -0.395 e. The second kappa shape index (κ2) is 5.17. The van der Waals surface area contributed by atoms with E-state index in [2.05, 4.69) is 10.6 Å². The zero-order valence-electron chi connectivity index (χ0n) is 11.1. The number of rotatable bonds is 3. The first kappa shape index (κ1) is 13.6. The van der Waals surface area contributed by atoms with Gasteiger partial charge >= 0.3 is 6.03 Å². The third-order valence-corrected chi connectivity index (χ3v) is 3.57. The third-order valence-electron chi connectivity index (χ3n) is 3.57. The zero-order valence-corrected chi connectivity index (χ0v) is 11.1. The average Bonchev–Trinajstić information content (AvgIpc) is 2.75. The van der Waals surface area contributed by atoms with Crippen molar-refractivity contribution < 1.29 is 19.1 Å². The molecule has 0 aliphatic carbocycles. The molecule has 21 heavy (non-hydrogen) atoms. The molecule has 0 radical (unpaired) electrons. The molecule has 0 spiro atoms. The summed E-state index contributed by atoms with van der Waals surface area (Å²) in [7, 11) is 0. The highest BCUT2D eigenvalue weighted by Gasteiger charge is 2.40. The second-order valence-corrected chi connectivity index (χ2v) is 4.93. The van der Waals surface area contributed by atoms with Crippen molar-refractivity contribution in [2.24, 2.45) is 0 Å². The molecule has 3 rings (SSSR count). The molecule has 3 N–H and O–H groups in total. The van der Waals surface area contributed by atoms with Crippen molar-refractivity contribution in [3.05, 3.63) is 46.9 Å². The Morgan fingerprint density at radius 2 is 2.19 bits per heavy atom. The van der Waals surface area contributed by atoms with Crippen LogP contribution in [0.25, 0.3) is 0 Å². The minimum absolute atomic E-state index is 0.154. The van der Waals surface area contributed by atoms with Crippen molar-refractivity contribution in [1.82, 2.24) is 15.5 Å². The molecule has 1 aromatic carbocycles. The van der Waals surface area contributed by atoms with Gasteiger partial charge in [0.15, 0.2) is 0 Å². The van der Waals surface area contributed by atoms with Gasteiger partial charge in [0.25, 0.3) is 5.91 Å². The number of hydrogen-bond donors (Lipinski definition) is 3. The van der Waals surface area contributed by atoms with Gasteiger partial charge in [-0.25, -0.2) is 9.18 Å². The molecule has 2 heterocycles. The molecule has 2 aliphatic rings. The molecule has 0 unspecified atom stereocenters. The maximum atomic E-state index is 13.4. The molecule has 2 aliphatic heterocycles. The molecule has 110 valence electrons. The summed E-state index contributed by atoms with van der Waals surface area (Å²) in [4.78, 5) is 25.5. The zero-order chi connectivity index (χ0) is 15.0. The molecule has 3 amide bonds. The van der Waals surface area contributed by atoms with Gasteiger partial charge in [-0.05, 0) is 17.7 Å². The maximum Gasteiger partial charge on any atom is 0.319 e. The van der Waals surface area contributed by atoms with Gasteiger partial charge in [-0.1, -0.05) is 12.1 Å². The number of urea groups is 1. The quantitative estimate of drug-likeness (QED) is 0.747. The third kappa shape index (κ3) is 2.36. The maximum absolute atomic E-state index is 13.4. The van der Waals surface area contributed by atoms with Crippen molar-refractivity contribution >= 4 is 11.9 Å². The number of nitrogens with zero attached hydrogens (tertiary/aromatic N) is 1. The number of β-amino-alcohol motifs (C(OH)–C–C–N with tert-alkyl or cyclic N) is 1. The van der Waals surface area contributed by atoms with Crippen molar-refractivity contribution in [3.63, 3.8) is 0 Å². The van der Waals surface area contributed by atoms with Gasteiger partial charge < -0.3 is 20.6 Å². The second-order valence-electron chi connectivity index (χ2n) is 4.93. The highest BCUT2D eigenvalue weighted by Crippen LogP contribution is 2.32. The Hall–Kier alpha value is -2.41. The van der Waals surface area contributed by atoms with Crippen LogP contribution in [0.4, 0.5) is 9.18 Å². The summed E-state index contributed by atoms with van der Waals surface area (Å²) < 4.78 is 13.4. The largest absolute Gasteiger partial charge is 0.395 e. The van der Waals surface area contributed by atoms with Crippen LogP contribution in [-0.2, 0) is 4.79 Å². The number of hydrogen-bond acceptors (Lipinski definition) is 3. The van der Waals surface area contributed by atoms with Gasteiger partial charge in [0.05, 0.1) is 30.5 Å². The Bertz CT molecular complexity index is 644. The monoisotopic (exact) mass is 291 g/mol. The molecule has 1 aromatic rings. The highest BCUT2D eigenvalue weighted by atomic mass is 19.1. The first-order chi connectivity index (χ1) is 10.1. The van der Waals surface area contributed by atoms with E-state index in [0.717, 1.165) is 0 Å². The normalized spacial score (nSPS) is 21.2. The Morgan fingerprint density at radius 3 is 2.90 bits per heavy atom. The van der Waals surface area contributed by atoms with Gasteiger partial charge in [-0.2, -0.15) is 0 Å². The van der Waals surface area contributed by atoms with E-state index in [0.29, 0.717) is 16.8 Å². The fraction of sp³-hybridized carbons (Fsp3) is 0.286. The van der Waals surface area contributed by atoms with E-state index < -0.39 is 17.9 Å². The number of nitrogens with one attached hydrogen (secondary N) is 2. The molecular formula is C14H14FN3O3. The lowest BCUT2D eigenvalue weighted by atomic mass is 9.96. The summed E-state index contributed by atoms with van der Waals surface area (Å²) in [6.45, 7) is 0.282. The number of benzene rings is 1. The average molecular weight is 291 g/mol. The molecular weight excluding hydrogens is 277 g/mol. The van der Waals surface area contributed by atoms with E-state index in [1.54, 1.807) is 6.07 Å². The molecule has 7 heteroatoms. The van der Waals surface area contributed by atoms with Crippen LogP contribution in [0.1, 0.15) is 11.6 Å². The fourth-order valence-electron chi connectivity index (χ4n) is 2.67. The lowest BCUT2D eigenvalue weighted by molar-refractivity contribution is -0.126. The molecule has 0 saturated heterocycles. The van der Waals surface area contributed by atoms with E-state index in [-0.39, 0.29) is 25.6 Å². The molecule has 0 saturated carbocycles. The van der Waals surface area contributed by atoms with Crippen LogP contribution in [0.15, 0.2) is 35.5 Å². The summed E-state index contributed by atoms with van der Waals surface area (Å²) >= 11 is 0. The van der Waals surface area contributed by atoms with Crippen LogP contribution in [0, 0.1) is 5.82 Å². The summed E-state index contributed by atoms with van der Waals surface area (Å²) in [6, 6.07) is 4.68. The summed E-state index contributed by atoms with van der Waals surface area (Å²) in [6.07, 6.45) is 0. The lowest BCUT2D eigenvalue weighted by Gasteiger charge is -2.25. The molecule has 0 aromatic heterocycles. The van der Waals surface area contributed by atoms with Crippen LogP contribution in [0.3, 0.4) is 0 Å². The van der Waals surface area contributed by atoms with Crippen LogP contribution in [0.5, 0.6) is 0 Å². The Balaban J connectivity index is 1.99. The Labute approximate surface area is 120 Å². The smallest absolute Gasteiger partial charge is 0.319 e. The lowest BCUT2D eigenvalue weighted by Crippen LogP contribution is -2.44. The minimum atomic E-state index is -0.680. The Morgan fingerprint density at radius 1 is 1.38 bits per heavy atom. The number of halogens is 1. The van der Waals surface area contributed by atoms with Gasteiger partial charge in [0.2, 0.25) is 0 Å². The van der Waals surface area contributed by atoms with Crippen molar-refractivity contribution in [3.8, 4) is 0 Å². The van der Waals surface area contributed by atoms with E-state index in [1.165, 1.54) is 23.1 Å². The van der Waals surface area contributed by atoms with Crippen LogP contribution in [-0.4, -0.2) is 41.6 Å². The van der Waals surface area contributed by atoms with Gasteiger partial charge in [-0.15, -0.1) is 0 Å². The van der Waals surface area contributed by atoms with Crippen LogP contribution >= 0.6 is 0 Å². The molecule has 0 bridgehead atoms. The molecule has 6 nitrogen and oxygen atoms in total. The predicted octanol–water partition coefficient (Wildman–Crippen LogP) is 0.268. The topological polar surface area (TPSA) is 81.7 Å². The van der Waals surface area contributed by atoms with E-state index in [9.17, 15) is 14.0 Å². The van der Waals surface area contributed by atoms with Crippen LogP contribution in [0.2, 0.25) is 0 Å². The van der Waals surface area contributed by atoms with Gasteiger partial charge in [0, 0.05) is 6.54 Å². The van der Waals surface area contributed by atoms with E-state index >= 15 is 0 Å². The highest BCUT2D eigenvalue weighted by molar-refractivity contribution is 6.01. The van der Waals surface area contributed by atoms with Gasteiger partial charge in [0.1, 0.15) is 5.82 Å². The van der Waals surface area contributed by atoms with E-state index in [1.807, 2.05) is 0 Å². The number of amides is 3. The fourth-order valence-corrected chi connectivity index (χ4v) is 2.67. The molecule has 0 fully saturated rings.